The van der Waals surface area contributed by atoms with E-state index >= 15 is 0 Å². The van der Waals surface area contributed by atoms with Gasteiger partial charge in [0.05, 0.1) is 0 Å². The molecule has 0 nitrogen and oxygen atoms in total. The first-order chi connectivity index (χ1) is 20.4. The van der Waals surface area contributed by atoms with Gasteiger partial charge in [0.2, 0.25) is 0 Å². The highest BCUT2D eigenvalue weighted by Crippen LogP contribution is 2.49. The zero-order chi connectivity index (χ0) is 27.4. The lowest BCUT2D eigenvalue weighted by atomic mass is 9.73. The van der Waals surface area contributed by atoms with E-state index < -0.39 is 0 Å². The number of benzene rings is 2. The Labute approximate surface area is 251 Å². The molecule has 0 heterocycles. The highest BCUT2D eigenvalue weighted by molar-refractivity contribution is 5.90. The lowest BCUT2D eigenvalue weighted by Gasteiger charge is -2.31. The first kappa shape index (κ1) is 27.7. The van der Waals surface area contributed by atoms with Crippen molar-refractivity contribution in [1.29, 1.82) is 0 Å². The maximum Gasteiger partial charge on any atom is -0.00135 e. The van der Waals surface area contributed by atoms with Crippen molar-refractivity contribution in [2.75, 3.05) is 0 Å². The van der Waals surface area contributed by atoms with Crippen LogP contribution >= 0.6 is 0 Å². The van der Waals surface area contributed by atoms with Crippen LogP contribution in [0.5, 0.6) is 0 Å². The van der Waals surface area contributed by atoms with Gasteiger partial charge in [-0.05, 0) is 126 Å². The van der Waals surface area contributed by atoms with Crippen molar-refractivity contribution in [3.8, 4) is 0 Å². The van der Waals surface area contributed by atoms with Gasteiger partial charge >= 0.3 is 0 Å². The molecule has 0 saturated heterocycles. The molecule has 0 radical (unpaired) electrons. The fraction of sp³-hybridized carbons (Fsp3) is 0.610. The molecule has 0 bridgehead atoms. The molecule has 0 aliphatic heterocycles. The van der Waals surface area contributed by atoms with Gasteiger partial charge in [0.15, 0.2) is 0 Å². The normalized spacial score (nSPS) is 23.9. The van der Waals surface area contributed by atoms with Gasteiger partial charge < -0.3 is 0 Å². The first-order valence-electron chi connectivity index (χ1n) is 18.0. The van der Waals surface area contributed by atoms with E-state index in [0.717, 1.165) is 30.1 Å². The Morgan fingerprint density at radius 3 is 0.878 bits per heavy atom. The molecular formula is C41H54. The summed E-state index contributed by atoms with van der Waals surface area (Å²) in [4.78, 5) is 0. The summed E-state index contributed by atoms with van der Waals surface area (Å²) in [5.41, 5.74) is 13.5. The van der Waals surface area contributed by atoms with Crippen LogP contribution in [0.15, 0.2) is 48.6 Å². The van der Waals surface area contributed by atoms with E-state index in [-0.39, 0.29) is 0 Å². The topological polar surface area (TPSA) is 0 Å². The van der Waals surface area contributed by atoms with Gasteiger partial charge in [-0.1, -0.05) is 126 Å². The average molecular weight is 547 g/mol. The Morgan fingerprint density at radius 2 is 0.610 bits per heavy atom. The van der Waals surface area contributed by atoms with Gasteiger partial charge in [0.1, 0.15) is 0 Å². The van der Waals surface area contributed by atoms with E-state index in [1.165, 1.54) is 128 Å². The van der Waals surface area contributed by atoms with Crippen molar-refractivity contribution >= 4 is 11.1 Å². The van der Waals surface area contributed by atoms with E-state index in [4.69, 9.17) is 0 Å². The van der Waals surface area contributed by atoms with Crippen LogP contribution in [-0.2, 0) is 0 Å². The summed E-state index contributed by atoms with van der Waals surface area (Å²) in [5.74, 6) is 3.05. The van der Waals surface area contributed by atoms with Crippen molar-refractivity contribution in [3.63, 3.8) is 0 Å². The van der Waals surface area contributed by atoms with E-state index in [9.17, 15) is 0 Å². The lowest BCUT2D eigenvalue weighted by molar-refractivity contribution is 0.434. The van der Waals surface area contributed by atoms with E-state index in [1.54, 1.807) is 44.5 Å². The van der Waals surface area contributed by atoms with Crippen molar-refractivity contribution in [3.05, 3.63) is 81.9 Å². The maximum atomic E-state index is 2.59. The number of rotatable bonds is 6. The second kappa shape index (κ2) is 13.1. The van der Waals surface area contributed by atoms with Gasteiger partial charge in [0.25, 0.3) is 0 Å². The van der Waals surface area contributed by atoms with Gasteiger partial charge in [-0.2, -0.15) is 0 Å². The monoisotopic (exact) mass is 546 g/mol. The van der Waals surface area contributed by atoms with Crippen LogP contribution in [0.25, 0.3) is 11.1 Å². The van der Waals surface area contributed by atoms with Gasteiger partial charge in [0, 0.05) is 0 Å². The van der Waals surface area contributed by atoms with E-state index in [1.807, 2.05) is 0 Å². The van der Waals surface area contributed by atoms with Gasteiger partial charge in [-0.25, -0.2) is 0 Å². The van der Waals surface area contributed by atoms with Crippen LogP contribution in [0.3, 0.4) is 0 Å². The minimum Gasteiger partial charge on any atom is -0.0617 e. The molecule has 5 aliphatic rings. The molecule has 0 atom stereocenters. The van der Waals surface area contributed by atoms with Crippen LogP contribution in [0, 0.1) is 0 Å². The Morgan fingerprint density at radius 1 is 0.341 bits per heavy atom. The fourth-order valence-corrected chi connectivity index (χ4v) is 9.80. The quantitative estimate of drug-likeness (QED) is 0.338. The highest BCUT2D eigenvalue weighted by Gasteiger charge is 2.30. The second-order valence-electron chi connectivity index (χ2n) is 14.5. The molecule has 0 aromatic heterocycles. The molecule has 41 heavy (non-hydrogen) atoms. The third-order valence-corrected chi connectivity index (χ3v) is 11.9. The van der Waals surface area contributed by atoms with Gasteiger partial charge in [-0.15, -0.1) is 0 Å². The summed E-state index contributed by atoms with van der Waals surface area (Å²) < 4.78 is 0. The zero-order valence-corrected chi connectivity index (χ0v) is 25.8. The predicted octanol–water partition coefficient (Wildman–Crippen LogP) is 12.7. The molecule has 0 spiro atoms. The molecule has 218 valence electrons. The van der Waals surface area contributed by atoms with E-state index in [0.29, 0.717) is 0 Å². The summed E-state index contributed by atoms with van der Waals surface area (Å²) in [6, 6.07) is 15.0. The third-order valence-electron chi connectivity index (χ3n) is 11.9. The third kappa shape index (κ3) is 5.92. The Hall–Kier alpha value is -2.08. The SMILES string of the molecule is C1=C(c2c(C3CCCCC3)cccc2C2CCCCC2)CC(c2c(C3CCCCC3)cccc2C2CCCCC2)=C1. The average Bonchev–Trinajstić information content (AvgIpc) is 3.55. The van der Waals surface area contributed by atoms with Crippen LogP contribution in [0.4, 0.5) is 0 Å². The summed E-state index contributed by atoms with van der Waals surface area (Å²) in [6.07, 6.45) is 34.5. The molecule has 0 heteroatoms. The zero-order valence-electron chi connectivity index (χ0n) is 25.8. The lowest BCUT2D eigenvalue weighted by Crippen LogP contribution is -2.14. The van der Waals surface area contributed by atoms with Crippen molar-refractivity contribution < 1.29 is 0 Å². The van der Waals surface area contributed by atoms with Crippen LogP contribution in [0.2, 0.25) is 0 Å². The first-order valence-corrected chi connectivity index (χ1v) is 18.0. The largest absolute Gasteiger partial charge is 0.0617 e. The second-order valence-corrected chi connectivity index (χ2v) is 14.5. The molecule has 2 aromatic carbocycles. The minimum atomic E-state index is 0.763. The molecule has 4 saturated carbocycles. The van der Waals surface area contributed by atoms with Crippen molar-refractivity contribution in [2.24, 2.45) is 0 Å². The number of hydrogen-bond acceptors (Lipinski definition) is 0. The molecule has 5 aliphatic carbocycles. The van der Waals surface area contributed by atoms with Crippen LogP contribution < -0.4 is 0 Å². The fourth-order valence-electron chi connectivity index (χ4n) is 9.80. The van der Waals surface area contributed by atoms with Crippen molar-refractivity contribution in [2.45, 2.75) is 159 Å². The van der Waals surface area contributed by atoms with Crippen LogP contribution in [0.1, 0.15) is 192 Å². The molecule has 0 N–H and O–H groups in total. The Bertz CT molecular complexity index is 1060. The molecular weight excluding hydrogens is 492 g/mol. The summed E-state index contributed by atoms with van der Waals surface area (Å²) in [6.45, 7) is 0. The predicted molar refractivity (Wildman–Crippen MR) is 177 cm³/mol. The number of hydrogen-bond donors (Lipinski definition) is 0. The van der Waals surface area contributed by atoms with Crippen LogP contribution in [-0.4, -0.2) is 0 Å². The summed E-state index contributed by atoms with van der Waals surface area (Å²) >= 11 is 0. The van der Waals surface area contributed by atoms with Gasteiger partial charge in [-0.3, -0.25) is 0 Å². The Kier molecular flexibility index (Phi) is 8.83. The highest BCUT2D eigenvalue weighted by atomic mass is 14.3. The van der Waals surface area contributed by atoms with Crippen molar-refractivity contribution in [1.82, 2.24) is 0 Å². The van der Waals surface area contributed by atoms with E-state index in [2.05, 4.69) is 48.6 Å². The number of allylic oxidation sites excluding steroid dienone is 4. The summed E-state index contributed by atoms with van der Waals surface area (Å²) in [5, 5.41) is 0. The molecule has 0 unspecified atom stereocenters. The summed E-state index contributed by atoms with van der Waals surface area (Å²) in [7, 11) is 0. The standard InChI is InChI=1S/C41H54/c1-5-15-30(16-6-1)36-23-13-24-37(31-17-7-2-8-18-31)40(36)34-27-28-35(29-34)41-38(32-19-9-3-10-20-32)25-14-26-39(41)33-21-11-4-12-22-33/h13-14,23-28,30-33H,1-12,15-22,29H2. The molecule has 7 rings (SSSR count). The Balaban J connectivity index is 1.26. The smallest absolute Gasteiger partial charge is 0.00135 e. The minimum absolute atomic E-state index is 0.763. The molecule has 4 fully saturated rings. The molecule has 0 amide bonds. The molecule has 2 aromatic rings. The maximum absolute atomic E-state index is 2.59.